The van der Waals surface area contributed by atoms with E-state index in [4.69, 9.17) is 23.2 Å². The molecule has 88 valence electrons. The van der Waals surface area contributed by atoms with Crippen LogP contribution in [0.15, 0.2) is 40.0 Å². The van der Waals surface area contributed by atoms with E-state index in [1.807, 2.05) is 24.3 Å². The molecule has 1 aromatic heterocycles. The minimum atomic E-state index is 0.245. The van der Waals surface area contributed by atoms with Crippen LogP contribution in [0.4, 0.5) is 0 Å². The molecule has 2 rings (SSSR count). The Balaban J connectivity index is 2.12. The van der Waals surface area contributed by atoms with E-state index in [1.54, 1.807) is 18.0 Å². The van der Waals surface area contributed by atoms with Gasteiger partial charge in [0.25, 0.3) is 0 Å². The summed E-state index contributed by atoms with van der Waals surface area (Å²) < 4.78 is 0.832. The van der Waals surface area contributed by atoms with Gasteiger partial charge in [-0.05, 0) is 39.2 Å². The first kappa shape index (κ1) is 13.1. The molecule has 0 atom stereocenters. The van der Waals surface area contributed by atoms with Crippen molar-refractivity contribution in [3.8, 4) is 0 Å². The quantitative estimate of drug-likeness (QED) is 0.450. The Morgan fingerprint density at radius 2 is 2.00 bits per heavy atom. The van der Waals surface area contributed by atoms with E-state index in [1.165, 1.54) is 0 Å². The minimum absolute atomic E-state index is 0.245. The molecule has 0 spiro atoms. The average Bonchev–Trinajstić information content (AvgIpc) is 2.32. The highest BCUT2D eigenvalue weighted by atomic mass is 79.9. The van der Waals surface area contributed by atoms with E-state index < -0.39 is 0 Å². The van der Waals surface area contributed by atoms with Gasteiger partial charge in [0.05, 0.1) is 4.47 Å². The summed E-state index contributed by atoms with van der Waals surface area (Å²) in [5, 5.41) is 1.82. The number of aromatic nitrogens is 2. The van der Waals surface area contributed by atoms with Crippen LogP contribution in [0.3, 0.4) is 0 Å². The number of rotatable bonds is 3. The van der Waals surface area contributed by atoms with Crippen molar-refractivity contribution in [3.05, 3.63) is 50.8 Å². The first-order valence-corrected chi connectivity index (χ1v) is 7.24. The van der Waals surface area contributed by atoms with Crippen molar-refractivity contribution >= 4 is 50.9 Å². The summed E-state index contributed by atoms with van der Waals surface area (Å²) in [4.78, 5) is 8.02. The molecule has 0 amide bonds. The van der Waals surface area contributed by atoms with Gasteiger partial charge >= 0.3 is 0 Å². The highest BCUT2D eigenvalue weighted by Crippen LogP contribution is 2.30. The van der Waals surface area contributed by atoms with Gasteiger partial charge < -0.3 is 0 Å². The fourth-order valence-corrected chi connectivity index (χ4v) is 3.08. The zero-order chi connectivity index (χ0) is 12.3. The van der Waals surface area contributed by atoms with E-state index in [0.717, 1.165) is 25.8 Å². The molecule has 0 aliphatic carbocycles. The molecule has 0 radical (unpaired) electrons. The molecule has 6 heteroatoms. The Labute approximate surface area is 122 Å². The van der Waals surface area contributed by atoms with Crippen LogP contribution >= 0.6 is 50.9 Å². The molecule has 0 saturated carbocycles. The van der Waals surface area contributed by atoms with Gasteiger partial charge in [-0.1, -0.05) is 29.8 Å². The Hall–Kier alpha value is -0.290. The van der Waals surface area contributed by atoms with Crippen molar-refractivity contribution in [3.63, 3.8) is 0 Å². The van der Waals surface area contributed by atoms with Gasteiger partial charge in [0.15, 0.2) is 0 Å². The Kier molecular flexibility index (Phi) is 4.68. The molecule has 2 nitrogen and oxygen atoms in total. The van der Waals surface area contributed by atoms with Crippen molar-refractivity contribution in [1.29, 1.82) is 0 Å². The highest BCUT2D eigenvalue weighted by Gasteiger charge is 2.06. The van der Waals surface area contributed by atoms with Crippen molar-refractivity contribution in [2.45, 2.75) is 10.8 Å². The lowest BCUT2D eigenvalue weighted by molar-refractivity contribution is 1.03. The van der Waals surface area contributed by atoms with Crippen molar-refractivity contribution in [1.82, 2.24) is 9.97 Å². The number of nitrogens with zero attached hydrogens (tertiary/aromatic N) is 2. The predicted molar refractivity (Wildman–Crippen MR) is 75.8 cm³/mol. The smallest absolute Gasteiger partial charge is 0.223 e. The maximum atomic E-state index is 6.08. The van der Waals surface area contributed by atoms with Crippen LogP contribution in [-0.4, -0.2) is 9.97 Å². The lowest BCUT2D eigenvalue weighted by Gasteiger charge is -2.05. The number of hydrogen-bond donors (Lipinski definition) is 0. The molecular weight excluding hydrogens is 343 g/mol. The summed E-state index contributed by atoms with van der Waals surface area (Å²) in [5.74, 6) is 0.742. The van der Waals surface area contributed by atoms with Gasteiger partial charge in [0.1, 0.15) is 5.03 Å². The third kappa shape index (κ3) is 3.58. The van der Waals surface area contributed by atoms with Gasteiger partial charge in [0, 0.05) is 17.0 Å². The number of benzene rings is 1. The van der Waals surface area contributed by atoms with Gasteiger partial charge in [-0.25, -0.2) is 9.97 Å². The first-order chi connectivity index (χ1) is 8.16. The molecule has 17 heavy (non-hydrogen) atoms. The zero-order valence-corrected chi connectivity index (χ0v) is 12.4. The van der Waals surface area contributed by atoms with E-state index >= 15 is 0 Å². The third-order valence-electron chi connectivity index (χ3n) is 2.00. The standard InChI is InChI=1S/C11H7BrCl2N2S/c12-8-5-15-11(14)16-10(8)17-6-7-3-1-2-4-9(7)13/h1-5H,6H2. The summed E-state index contributed by atoms with van der Waals surface area (Å²) in [7, 11) is 0. The van der Waals surface area contributed by atoms with Crippen LogP contribution in [0.5, 0.6) is 0 Å². The molecule has 0 aliphatic heterocycles. The van der Waals surface area contributed by atoms with Gasteiger partial charge in [0.2, 0.25) is 5.28 Å². The Morgan fingerprint density at radius 1 is 1.24 bits per heavy atom. The van der Waals surface area contributed by atoms with Gasteiger partial charge in [-0.15, -0.1) is 11.8 Å². The van der Waals surface area contributed by atoms with E-state index in [9.17, 15) is 0 Å². The van der Waals surface area contributed by atoms with Crippen molar-refractivity contribution < 1.29 is 0 Å². The molecule has 0 saturated heterocycles. The lowest BCUT2D eigenvalue weighted by Crippen LogP contribution is -1.88. The second-order valence-electron chi connectivity index (χ2n) is 3.17. The summed E-state index contributed by atoms with van der Waals surface area (Å²) >= 11 is 16.8. The van der Waals surface area contributed by atoms with Crippen LogP contribution in [0.1, 0.15) is 5.56 Å². The van der Waals surface area contributed by atoms with E-state index in [-0.39, 0.29) is 5.28 Å². The van der Waals surface area contributed by atoms with Crippen LogP contribution in [-0.2, 0) is 5.75 Å². The zero-order valence-electron chi connectivity index (χ0n) is 8.53. The van der Waals surface area contributed by atoms with Crippen molar-refractivity contribution in [2.75, 3.05) is 0 Å². The molecule has 0 aliphatic rings. The molecule has 1 heterocycles. The van der Waals surface area contributed by atoms with Crippen LogP contribution in [0, 0.1) is 0 Å². The Bertz CT molecular complexity index is 537. The molecule has 2 aromatic rings. The fourth-order valence-electron chi connectivity index (χ4n) is 1.19. The molecule has 0 fully saturated rings. The molecule has 0 bridgehead atoms. The number of hydrogen-bond acceptors (Lipinski definition) is 3. The van der Waals surface area contributed by atoms with Crippen LogP contribution < -0.4 is 0 Å². The van der Waals surface area contributed by atoms with Crippen molar-refractivity contribution in [2.24, 2.45) is 0 Å². The minimum Gasteiger partial charge on any atom is -0.225 e. The predicted octanol–water partition coefficient (Wildman–Crippen LogP) is 4.84. The summed E-state index contributed by atoms with van der Waals surface area (Å²) in [6, 6.07) is 7.74. The maximum absolute atomic E-state index is 6.08. The second kappa shape index (κ2) is 6.05. The lowest BCUT2D eigenvalue weighted by atomic mass is 10.2. The third-order valence-corrected chi connectivity index (χ3v) is 4.44. The van der Waals surface area contributed by atoms with Crippen LogP contribution in [0.2, 0.25) is 10.3 Å². The Morgan fingerprint density at radius 3 is 2.76 bits per heavy atom. The molecular formula is C11H7BrCl2N2S. The molecule has 1 aromatic carbocycles. The van der Waals surface area contributed by atoms with E-state index in [0.29, 0.717) is 0 Å². The first-order valence-electron chi connectivity index (χ1n) is 4.71. The molecule has 0 N–H and O–H groups in total. The van der Waals surface area contributed by atoms with Crippen LogP contribution in [0.25, 0.3) is 0 Å². The SMILES string of the molecule is Clc1ncc(Br)c(SCc2ccccc2Cl)n1. The average molecular weight is 350 g/mol. The fraction of sp³-hybridized carbons (Fsp3) is 0.0909. The summed E-state index contributed by atoms with van der Waals surface area (Å²) in [6.45, 7) is 0. The van der Waals surface area contributed by atoms with E-state index in [2.05, 4.69) is 25.9 Å². The number of halogens is 3. The normalized spacial score (nSPS) is 10.5. The second-order valence-corrected chi connectivity index (χ2v) is 5.74. The largest absolute Gasteiger partial charge is 0.225 e. The van der Waals surface area contributed by atoms with Gasteiger partial charge in [-0.3, -0.25) is 0 Å². The van der Waals surface area contributed by atoms with Gasteiger partial charge in [-0.2, -0.15) is 0 Å². The summed E-state index contributed by atoms with van der Waals surface area (Å²) in [6.07, 6.45) is 1.64. The number of thioether (sulfide) groups is 1. The maximum Gasteiger partial charge on any atom is 0.223 e. The highest BCUT2D eigenvalue weighted by molar-refractivity contribution is 9.10. The topological polar surface area (TPSA) is 25.8 Å². The molecule has 0 unspecified atom stereocenters. The monoisotopic (exact) mass is 348 g/mol. The summed E-state index contributed by atoms with van der Waals surface area (Å²) in [5.41, 5.74) is 1.07.